The standard InChI is InChI=1S/C24H31N3O4/c1-18-3-6-20(7-4-18)29-14-11-26-23(25-2)27-16-24(9-12-28-13-10-24)19-5-8-21-22(15-19)31-17-30-21/h3-8,15H,9-14,16-17H2,1-2H3,(H2,25,26,27). The number of benzene rings is 2. The maximum atomic E-state index is 5.79. The summed E-state index contributed by atoms with van der Waals surface area (Å²) < 4.78 is 22.5. The molecule has 0 aromatic heterocycles. The molecule has 0 aliphatic carbocycles. The van der Waals surface area contributed by atoms with Gasteiger partial charge >= 0.3 is 0 Å². The lowest BCUT2D eigenvalue weighted by Crippen LogP contribution is -2.48. The molecule has 2 aliphatic rings. The molecule has 0 bridgehead atoms. The second-order valence-electron chi connectivity index (χ2n) is 7.97. The fraction of sp³-hybridized carbons (Fsp3) is 0.458. The zero-order valence-corrected chi connectivity index (χ0v) is 18.3. The number of nitrogens with one attached hydrogen (secondary N) is 2. The summed E-state index contributed by atoms with van der Waals surface area (Å²) in [6.45, 7) is 5.82. The minimum absolute atomic E-state index is 0.0464. The van der Waals surface area contributed by atoms with E-state index in [9.17, 15) is 0 Å². The molecule has 2 aliphatic heterocycles. The normalized spacial score (nSPS) is 17.3. The van der Waals surface area contributed by atoms with Crippen molar-refractivity contribution in [3.05, 3.63) is 53.6 Å². The predicted molar refractivity (Wildman–Crippen MR) is 120 cm³/mol. The van der Waals surface area contributed by atoms with Crippen LogP contribution in [0.5, 0.6) is 17.2 Å². The van der Waals surface area contributed by atoms with Gasteiger partial charge < -0.3 is 29.6 Å². The highest BCUT2D eigenvalue weighted by Gasteiger charge is 2.35. The first-order valence-corrected chi connectivity index (χ1v) is 10.8. The van der Waals surface area contributed by atoms with Crippen molar-refractivity contribution in [3.63, 3.8) is 0 Å². The molecule has 2 aromatic rings. The smallest absolute Gasteiger partial charge is 0.231 e. The van der Waals surface area contributed by atoms with Gasteiger partial charge in [0.25, 0.3) is 0 Å². The minimum Gasteiger partial charge on any atom is -0.492 e. The number of rotatable bonds is 7. The summed E-state index contributed by atoms with van der Waals surface area (Å²) in [6, 6.07) is 14.3. The van der Waals surface area contributed by atoms with Gasteiger partial charge in [-0.1, -0.05) is 23.8 Å². The maximum absolute atomic E-state index is 5.79. The van der Waals surface area contributed by atoms with Gasteiger partial charge in [-0.2, -0.15) is 0 Å². The molecule has 0 radical (unpaired) electrons. The van der Waals surface area contributed by atoms with Crippen molar-refractivity contribution in [2.24, 2.45) is 4.99 Å². The third-order valence-corrected chi connectivity index (χ3v) is 5.94. The number of ether oxygens (including phenoxy) is 4. The van der Waals surface area contributed by atoms with Crippen LogP contribution >= 0.6 is 0 Å². The van der Waals surface area contributed by atoms with Gasteiger partial charge in [-0.05, 0) is 49.6 Å². The molecule has 4 rings (SSSR count). The average molecular weight is 426 g/mol. The molecule has 1 saturated heterocycles. The summed E-state index contributed by atoms with van der Waals surface area (Å²) in [7, 11) is 1.79. The molecule has 2 heterocycles. The third kappa shape index (κ3) is 5.22. The Morgan fingerprint density at radius 2 is 1.81 bits per heavy atom. The molecule has 7 heteroatoms. The summed E-state index contributed by atoms with van der Waals surface area (Å²) in [5.74, 6) is 3.27. The SMILES string of the molecule is CN=C(NCCOc1ccc(C)cc1)NCC1(c2ccc3c(c2)OCO3)CCOCC1. The van der Waals surface area contributed by atoms with Gasteiger partial charge in [0.1, 0.15) is 12.4 Å². The van der Waals surface area contributed by atoms with Crippen LogP contribution in [0, 0.1) is 6.92 Å². The van der Waals surface area contributed by atoms with E-state index in [0.717, 1.165) is 55.8 Å². The molecule has 0 spiro atoms. The zero-order chi connectivity index (χ0) is 21.5. The lowest BCUT2D eigenvalue weighted by atomic mass is 9.74. The van der Waals surface area contributed by atoms with E-state index < -0.39 is 0 Å². The molecule has 166 valence electrons. The van der Waals surface area contributed by atoms with Crippen LogP contribution in [0.3, 0.4) is 0 Å². The Morgan fingerprint density at radius 1 is 1.03 bits per heavy atom. The topological polar surface area (TPSA) is 73.3 Å². The number of guanidine groups is 1. The lowest BCUT2D eigenvalue weighted by Gasteiger charge is -2.38. The highest BCUT2D eigenvalue weighted by molar-refractivity contribution is 5.79. The van der Waals surface area contributed by atoms with E-state index in [-0.39, 0.29) is 12.2 Å². The summed E-state index contributed by atoms with van der Waals surface area (Å²) in [4.78, 5) is 4.37. The Hall–Kier alpha value is -2.93. The second kappa shape index (κ2) is 9.92. The highest BCUT2D eigenvalue weighted by Crippen LogP contribution is 2.40. The van der Waals surface area contributed by atoms with Crippen LogP contribution in [-0.2, 0) is 10.2 Å². The number of aryl methyl sites for hydroxylation is 1. The van der Waals surface area contributed by atoms with Crippen LogP contribution in [0.4, 0.5) is 0 Å². The Labute approximate surface area is 183 Å². The largest absolute Gasteiger partial charge is 0.492 e. The Kier molecular flexibility index (Phi) is 6.82. The summed E-state index contributed by atoms with van der Waals surface area (Å²) in [5, 5.41) is 6.85. The van der Waals surface area contributed by atoms with Crippen molar-refractivity contribution >= 4 is 5.96 Å². The Bertz CT molecular complexity index is 892. The summed E-state index contributed by atoms with van der Waals surface area (Å²) in [5.41, 5.74) is 2.42. The van der Waals surface area contributed by atoms with Crippen LogP contribution in [0.1, 0.15) is 24.0 Å². The van der Waals surface area contributed by atoms with Crippen LogP contribution in [0.25, 0.3) is 0 Å². The van der Waals surface area contributed by atoms with Crippen molar-refractivity contribution in [3.8, 4) is 17.2 Å². The fourth-order valence-corrected chi connectivity index (χ4v) is 4.00. The van der Waals surface area contributed by atoms with Gasteiger partial charge in [-0.25, -0.2) is 0 Å². The molecule has 0 amide bonds. The summed E-state index contributed by atoms with van der Waals surface area (Å²) in [6.07, 6.45) is 1.88. The quantitative estimate of drug-likeness (QED) is 0.404. The van der Waals surface area contributed by atoms with Crippen molar-refractivity contribution in [1.82, 2.24) is 10.6 Å². The van der Waals surface area contributed by atoms with Gasteiger partial charge in [-0.15, -0.1) is 0 Å². The first-order valence-electron chi connectivity index (χ1n) is 10.8. The Balaban J connectivity index is 1.33. The van der Waals surface area contributed by atoms with Crippen LogP contribution in [0.15, 0.2) is 47.5 Å². The lowest BCUT2D eigenvalue weighted by molar-refractivity contribution is 0.0513. The number of hydrogen-bond acceptors (Lipinski definition) is 5. The molecule has 2 N–H and O–H groups in total. The number of fused-ring (bicyclic) bond motifs is 1. The van der Waals surface area contributed by atoms with Gasteiger partial charge in [0.15, 0.2) is 17.5 Å². The van der Waals surface area contributed by atoms with Gasteiger partial charge in [-0.3, -0.25) is 4.99 Å². The number of nitrogens with zero attached hydrogens (tertiary/aromatic N) is 1. The van der Waals surface area contributed by atoms with E-state index in [4.69, 9.17) is 18.9 Å². The van der Waals surface area contributed by atoms with E-state index in [1.807, 2.05) is 30.3 Å². The van der Waals surface area contributed by atoms with Gasteiger partial charge in [0, 0.05) is 32.2 Å². The molecule has 0 unspecified atom stereocenters. The molecule has 7 nitrogen and oxygen atoms in total. The first-order chi connectivity index (χ1) is 15.2. The zero-order valence-electron chi connectivity index (χ0n) is 18.3. The number of hydrogen-bond donors (Lipinski definition) is 2. The maximum Gasteiger partial charge on any atom is 0.231 e. The van der Waals surface area contributed by atoms with Crippen LogP contribution in [-0.4, -0.2) is 52.7 Å². The van der Waals surface area contributed by atoms with Gasteiger partial charge in [0.2, 0.25) is 6.79 Å². The van der Waals surface area contributed by atoms with Crippen molar-refractivity contribution < 1.29 is 18.9 Å². The molecule has 2 aromatic carbocycles. The first kappa shape index (κ1) is 21.3. The molecule has 0 atom stereocenters. The molecular weight excluding hydrogens is 394 g/mol. The second-order valence-corrected chi connectivity index (χ2v) is 7.97. The van der Waals surface area contributed by atoms with Crippen molar-refractivity contribution in [2.45, 2.75) is 25.2 Å². The molecule has 1 fully saturated rings. The van der Waals surface area contributed by atoms with Crippen molar-refractivity contribution in [2.75, 3.05) is 46.8 Å². The van der Waals surface area contributed by atoms with E-state index in [1.165, 1.54) is 11.1 Å². The fourth-order valence-electron chi connectivity index (χ4n) is 4.00. The van der Waals surface area contributed by atoms with Crippen LogP contribution < -0.4 is 24.8 Å². The Morgan fingerprint density at radius 3 is 2.58 bits per heavy atom. The van der Waals surface area contributed by atoms with Crippen LogP contribution in [0.2, 0.25) is 0 Å². The molecule has 0 saturated carbocycles. The third-order valence-electron chi connectivity index (χ3n) is 5.94. The van der Waals surface area contributed by atoms with E-state index in [2.05, 4.69) is 34.7 Å². The minimum atomic E-state index is -0.0464. The molecule has 31 heavy (non-hydrogen) atoms. The van der Waals surface area contributed by atoms with Gasteiger partial charge in [0.05, 0.1) is 6.54 Å². The molecular formula is C24H31N3O4. The monoisotopic (exact) mass is 425 g/mol. The highest BCUT2D eigenvalue weighted by atomic mass is 16.7. The summed E-state index contributed by atoms with van der Waals surface area (Å²) >= 11 is 0. The van der Waals surface area contributed by atoms with E-state index in [0.29, 0.717) is 13.2 Å². The predicted octanol–water partition coefficient (Wildman–Crippen LogP) is 3.02. The van der Waals surface area contributed by atoms with E-state index in [1.54, 1.807) is 7.05 Å². The van der Waals surface area contributed by atoms with Crippen molar-refractivity contribution in [1.29, 1.82) is 0 Å². The van der Waals surface area contributed by atoms with E-state index >= 15 is 0 Å². The average Bonchev–Trinajstić information content (AvgIpc) is 3.28. The number of aliphatic imine (C=N–C) groups is 1.